The Morgan fingerprint density at radius 1 is 0.907 bits per heavy atom. The summed E-state index contributed by atoms with van der Waals surface area (Å²) in [7, 11) is 7.96. The van der Waals surface area contributed by atoms with E-state index in [1.165, 1.54) is 14.2 Å². The molecule has 0 saturated carbocycles. The number of aliphatic carboxylic acids is 1. The minimum Gasteiger partial charge on any atom is -0.480 e. The molecule has 2 rings (SSSR count). The van der Waals surface area contributed by atoms with Crippen LogP contribution in [0.15, 0.2) is 30.3 Å². The van der Waals surface area contributed by atoms with E-state index in [9.17, 15) is 29.1 Å². The van der Waals surface area contributed by atoms with E-state index in [-0.39, 0.29) is 61.0 Å². The van der Waals surface area contributed by atoms with Crippen molar-refractivity contribution in [2.24, 2.45) is 23.7 Å². The first kappa shape index (κ1) is 46.6. The maximum Gasteiger partial charge on any atom is 0.326 e. The molecule has 306 valence electrons. The van der Waals surface area contributed by atoms with E-state index in [1.54, 1.807) is 50.1 Å². The summed E-state index contributed by atoms with van der Waals surface area (Å²) in [6, 6.07) is 5.55. The number of methoxy groups -OCH3 is 3. The summed E-state index contributed by atoms with van der Waals surface area (Å²) in [5.74, 6) is -3.55. The summed E-state index contributed by atoms with van der Waals surface area (Å²) in [5.41, 5.74) is 0.769. The van der Waals surface area contributed by atoms with Gasteiger partial charge in [0, 0.05) is 41.3 Å². The van der Waals surface area contributed by atoms with Crippen LogP contribution in [0.5, 0.6) is 0 Å². The number of nitrogens with zero attached hydrogens (tertiary/aromatic N) is 2. The molecule has 10 atom stereocenters. The van der Waals surface area contributed by atoms with Gasteiger partial charge >= 0.3 is 5.97 Å². The molecule has 14 nitrogen and oxygen atoms in total. The summed E-state index contributed by atoms with van der Waals surface area (Å²) in [4.78, 5) is 70.7. The van der Waals surface area contributed by atoms with Gasteiger partial charge in [0.1, 0.15) is 12.1 Å². The van der Waals surface area contributed by atoms with E-state index in [4.69, 9.17) is 14.2 Å². The Kier molecular flexibility index (Phi) is 19.0. The van der Waals surface area contributed by atoms with Crippen molar-refractivity contribution in [1.82, 2.24) is 25.8 Å². The van der Waals surface area contributed by atoms with Gasteiger partial charge in [-0.2, -0.15) is 0 Å². The zero-order chi connectivity index (χ0) is 40.9. The SMILES string of the molecule is CC[C@H](C)[C@@H]([C@@H](CC(=O)N1C[C@H](OC)C[C@H]1[C@H](OC)[C@@H](C)C(=O)N[C@@H](Cc1ccccc1)C(=O)O)OC)N(C)C(=O)[C@@H](NC(=O)[C@@H](NC)C(C)C)C(C)C. The molecule has 1 saturated heterocycles. The van der Waals surface area contributed by atoms with E-state index in [2.05, 4.69) is 16.0 Å². The van der Waals surface area contributed by atoms with Crippen LogP contribution < -0.4 is 16.0 Å². The first-order chi connectivity index (χ1) is 25.5. The lowest BCUT2D eigenvalue weighted by Crippen LogP contribution is -2.59. The molecule has 1 aromatic carbocycles. The fourth-order valence-corrected chi connectivity index (χ4v) is 7.55. The van der Waals surface area contributed by atoms with Crippen molar-refractivity contribution in [3.8, 4) is 0 Å². The Labute approximate surface area is 322 Å². The van der Waals surface area contributed by atoms with Crippen LogP contribution in [0.1, 0.15) is 73.3 Å². The molecule has 1 heterocycles. The van der Waals surface area contributed by atoms with Crippen LogP contribution in [-0.2, 0) is 44.6 Å². The Morgan fingerprint density at radius 2 is 1.52 bits per heavy atom. The van der Waals surface area contributed by atoms with Crippen LogP contribution in [0.2, 0.25) is 0 Å². The second-order valence-electron chi connectivity index (χ2n) is 15.3. The highest BCUT2D eigenvalue weighted by atomic mass is 16.5. The van der Waals surface area contributed by atoms with Gasteiger partial charge in [-0.25, -0.2) is 4.79 Å². The molecule has 0 aromatic heterocycles. The quantitative estimate of drug-likeness (QED) is 0.138. The van der Waals surface area contributed by atoms with Crippen LogP contribution in [0.4, 0.5) is 0 Å². The Bertz CT molecular complexity index is 1360. The number of rotatable bonds is 22. The van der Waals surface area contributed by atoms with Crippen molar-refractivity contribution < 1.29 is 43.3 Å². The van der Waals surface area contributed by atoms with Crippen LogP contribution in [0.3, 0.4) is 0 Å². The number of amides is 4. The first-order valence-electron chi connectivity index (χ1n) is 19.2. The molecule has 0 unspecified atom stereocenters. The zero-order valence-electron chi connectivity index (χ0n) is 34.5. The lowest BCUT2D eigenvalue weighted by atomic mass is 9.89. The number of carboxylic acids is 1. The second-order valence-corrected chi connectivity index (χ2v) is 15.3. The molecule has 1 fully saturated rings. The topological polar surface area (TPSA) is 176 Å². The molecule has 0 bridgehead atoms. The van der Waals surface area contributed by atoms with Crippen LogP contribution in [0.25, 0.3) is 0 Å². The van der Waals surface area contributed by atoms with Crippen molar-refractivity contribution >= 4 is 29.6 Å². The van der Waals surface area contributed by atoms with Crippen molar-refractivity contribution in [2.75, 3.05) is 42.0 Å². The third-order valence-electron chi connectivity index (χ3n) is 11.0. The molecule has 1 aliphatic rings. The van der Waals surface area contributed by atoms with Crippen LogP contribution in [-0.4, -0.2) is 135 Å². The monoisotopic (exact) mass is 761 g/mol. The number of carbonyl (C=O) groups excluding carboxylic acids is 4. The van der Waals surface area contributed by atoms with Crippen molar-refractivity contribution in [3.63, 3.8) is 0 Å². The van der Waals surface area contributed by atoms with Gasteiger partial charge in [-0.1, -0.05) is 85.2 Å². The molecule has 1 aromatic rings. The molecular weight excluding hydrogens is 694 g/mol. The molecule has 4 amide bonds. The third-order valence-corrected chi connectivity index (χ3v) is 11.0. The minimum absolute atomic E-state index is 0.0101. The molecular formula is C40H67N5O9. The van der Waals surface area contributed by atoms with Gasteiger partial charge in [0.2, 0.25) is 23.6 Å². The molecule has 0 radical (unpaired) electrons. The summed E-state index contributed by atoms with van der Waals surface area (Å²) in [6.07, 6.45) is -0.675. The Hall–Kier alpha value is -3.59. The standard InChI is InChI=1S/C40H67N5O9/c1-13-25(6)35(44(9)39(49)34(24(4)5)43-38(48)33(41-8)23(2)3)31(53-11)21-32(46)45-22-28(52-10)20-30(45)36(54-12)26(7)37(47)42-29(40(50)51)19-27-17-15-14-16-18-27/h14-18,23-26,28-31,33-36,41H,13,19-22H2,1-12H3,(H,42,47)(H,43,48)(H,50,51)/t25-,26+,28+,29-,30-,31+,33-,34-,35-,36+/m0/s1. The van der Waals surface area contributed by atoms with E-state index >= 15 is 0 Å². The number of hydrogen-bond acceptors (Lipinski definition) is 9. The predicted octanol–water partition coefficient (Wildman–Crippen LogP) is 2.73. The van der Waals surface area contributed by atoms with Gasteiger partial charge in [-0.05, 0) is 36.8 Å². The number of benzene rings is 1. The number of hydrogen-bond donors (Lipinski definition) is 4. The number of carboxylic acid groups (broad SMARTS) is 1. The molecule has 0 aliphatic carbocycles. The van der Waals surface area contributed by atoms with Crippen LogP contribution in [0, 0.1) is 23.7 Å². The maximum atomic E-state index is 14.3. The minimum atomic E-state index is -1.16. The van der Waals surface area contributed by atoms with Gasteiger partial charge in [0.15, 0.2) is 0 Å². The highest BCUT2D eigenvalue weighted by Crippen LogP contribution is 2.31. The Balaban J connectivity index is 2.34. The second kappa shape index (κ2) is 22.1. The van der Waals surface area contributed by atoms with Gasteiger partial charge in [0.25, 0.3) is 0 Å². The molecule has 14 heteroatoms. The van der Waals surface area contributed by atoms with E-state index in [1.807, 2.05) is 59.7 Å². The smallest absolute Gasteiger partial charge is 0.326 e. The summed E-state index contributed by atoms with van der Waals surface area (Å²) in [6.45, 7) is 13.6. The van der Waals surface area contributed by atoms with Gasteiger partial charge < -0.3 is 45.1 Å². The summed E-state index contributed by atoms with van der Waals surface area (Å²) >= 11 is 0. The number of ether oxygens (including phenoxy) is 3. The fourth-order valence-electron chi connectivity index (χ4n) is 7.55. The number of likely N-dealkylation sites (N-methyl/N-ethyl adjacent to an activating group) is 2. The highest BCUT2D eigenvalue weighted by molar-refractivity contribution is 5.90. The van der Waals surface area contributed by atoms with Gasteiger partial charge in [0.05, 0.1) is 48.8 Å². The molecule has 0 spiro atoms. The number of likely N-dealkylation sites (tertiary alicyclic amines) is 1. The fraction of sp³-hybridized carbons (Fsp3) is 0.725. The molecule has 54 heavy (non-hydrogen) atoms. The average molecular weight is 762 g/mol. The maximum absolute atomic E-state index is 14.3. The zero-order valence-corrected chi connectivity index (χ0v) is 34.5. The Morgan fingerprint density at radius 3 is 2.00 bits per heavy atom. The van der Waals surface area contributed by atoms with Gasteiger partial charge in [-0.15, -0.1) is 0 Å². The summed E-state index contributed by atoms with van der Waals surface area (Å²) in [5, 5.41) is 18.6. The van der Waals surface area contributed by atoms with E-state index < -0.39 is 60.2 Å². The van der Waals surface area contributed by atoms with Crippen molar-refractivity contribution in [2.45, 2.75) is 123 Å². The summed E-state index contributed by atoms with van der Waals surface area (Å²) < 4.78 is 17.6. The third kappa shape index (κ3) is 12.2. The van der Waals surface area contributed by atoms with Crippen LogP contribution >= 0.6 is 0 Å². The van der Waals surface area contributed by atoms with Crippen molar-refractivity contribution in [3.05, 3.63) is 35.9 Å². The number of nitrogens with one attached hydrogen (secondary N) is 3. The lowest BCUT2D eigenvalue weighted by Gasteiger charge is -2.41. The predicted molar refractivity (Wildman–Crippen MR) is 206 cm³/mol. The first-order valence-corrected chi connectivity index (χ1v) is 19.2. The van der Waals surface area contributed by atoms with E-state index in [0.29, 0.717) is 12.8 Å². The lowest BCUT2D eigenvalue weighted by molar-refractivity contribution is -0.148. The van der Waals surface area contributed by atoms with E-state index in [0.717, 1.165) is 5.56 Å². The normalized spacial score (nSPS) is 20.4. The van der Waals surface area contributed by atoms with Crippen molar-refractivity contribution in [1.29, 1.82) is 0 Å². The largest absolute Gasteiger partial charge is 0.480 e. The molecule has 1 aliphatic heterocycles. The van der Waals surface area contributed by atoms with Gasteiger partial charge in [-0.3, -0.25) is 19.2 Å². The average Bonchev–Trinajstić information content (AvgIpc) is 3.57. The molecule has 4 N–H and O–H groups in total. The highest BCUT2D eigenvalue weighted by Gasteiger charge is 2.46. The number of carbonyl (C=O) groups is 5.